The molecule has 158 valence electrons. The van der Waals surface area contributed by atoms with E-state index in [4.69, 9.17) is 4.74 Å². The topological polar surface area (TPSA) is 81.9 Å². The molecule has 0 bridgehead atoms. The lowest BCUT2D eigenvalue weighted by molar-refractivity contribution is -0.143. The minimum atomic E-state index is -4.91. The van der Waals surface area contributed by atoms with Gasteiger partial charge in [0.2, 0.25) is 5.88 Å². The number of rotatable bonds is 6. The molecule has 0 radical (unpaired) electrons. The second-order valence-corrected chi connectivity index (χ2v) is 6.53. The van der Waals surface area contributed by atoms with E-state index in [1.54, 1.807) is 12.1 Å². The van der Waals surface area contributed by atoms with Crippen molar-refractivity contribution in [2.75, 3.05) is 0 Å². The first-order valence-corrected chi connectivity index (χ1v) is 8.84. The highest BCUT2D eigenvalue weighted by molar-refractivity contribution is 5.93. The highest BCUT2D eigenvalue weighted by Gasteiger charge is 2.42. The fraction of sp³-hybridized carbons (Fsp3) is 0.263. The molecule has 1 aromatic carbocycles. The van der Waals surface area contributed by atoms with Gasteiger partial charge in [0.1, 0.15) is 5.82 Å². The minimum Gasteiger partial charge on any atom is -0.475 e. The molecule has 1 amide bonds. The number of benzene rings is 1. The molecular formula is C19H17F4N5O2. The Morgan fingerprint density at radius 1 is 1.17 bits per heavy atom. The lowest BCUT2D eigenvalue weighted by atomic mass is 10.2. The smallest absolute Gasteiger partial charge is 0.435 e. The SMILES string of the molecule is CC(C)Oc1ccc(CNC(=O)c2nnn(-c3ccc(F)cc3)c2C(F)(F)F)cn1. The van der Waals surface area contributed by atoms with Crippen LogP contribution in [0.25, 0.3) is 5.69 Å². The fourth-order valence-electron chi connectivity index (χ4n) is 2.54. The molecule has 3 aromatic rings. The second-order valence-electron chi connectivity index (χ2n) is 6.53. The van der Waals surface area contributed by atoms with E-state index < -0.39 is 29.3 Å². The summed E-state index contributed by atoms with van der Waals surface area (Å²) in [5.74, 6) is -1.29. The van der Waals surface area contributed by atoms with Gasteiger partial charge in [-0.3, -0.25) is 4.79 Å². The summed E-state index contributed by atoms with van der Waals surface area (Å²) in [5, 5.41) is 9.19. The van der Waals surface area contributed by atoms with E-state index in [9.17, 15) is 22.4 Å². The minimum absolute atomic E-state index is 0.0624. The van der Waals surface area contributed by atoms with E-state index in [1.165, 1.54) is 6.20 Å². The molecule has 30 heavy (non-hydrogen) atoms. The van der Waals surface area contributed by atoms with E-state index in [1.807, 2.05) is 13.8 Å². The maximum atomic E-state index is 13.6. The first kappa shape index (κ1) is 21.2. The molecule has 0 aliphatic heterocycles. The quantitative estimate of drug-likeness (QED) is 0.614. The molecule has 3 rings (SSSR count). The molecule has 7 nitrogen and oxygen atoms in total. The van der Waals surface area contributed by atoms with Crippen LogP contribution in [0.5, 0.6) is 5.88 Å². The lowest BCUT2D eigenvalue weighted by Crippen LogP contribution is -2.27. The molecule has 0 saturated carbocycles. The van der Waals surface area contributed by atoms with Crippen molar-refractivity contribution in [2.24, 2.45) is 0 Å². The molecule has 2 aromatic heterocycles. The van der Waals surface area contributed by atoms with Crippen molar-refractivity contribution >= 4 is 5.91 Å². The van der Waals surface area contributed by atoms with Crippen molar-refractivity contribution in [3.05, 3.63) is 65.4 Å². The number of pyridine rings is 1. The first-order valence-electron chi connectivity index (χ1n) is 8.84. The van der Waals surface area contributed by atoms with E-state index in [0.717, 1.165) is 24.3 Å². The van der Waals surface area contributed by atoms with Crippen molar-refractivity contribution in [1.29, 1.82) is 0 Å². The van der Waals surface area contributed by atoms with E-state index >= 15 is 0 Å². The predicted molar refractivity (Wildman–Crippen MR) is 97.5 cm³/mol. The molecule has 0 aliphatic rings. The number of carbonyl (C=O) groups excluding carboxylic acids is 1. The van der Waals surface area contributed by atoms with Gasteiger partial charge in [-0.15, -0.1) is 5.10 Å². The summed E-state index contributed by atoms with van der Waals surface area (Å²) in [6.07, 6.45) is -3.53. The van der Waals surface area contributed by atoms with E-state index in [-0.39, 0.29) is 18.3 Å². The molecule has 2 heterocycles. The van der Waals surface area contributed by atoms with Crippen LogP contribution in [0.2, 0.25) is 0 Å². The molecule has 0 fully saturated rings. The van der Waals surface area contributed by atoms with Gasteiger partial charge in [-0.25, -0.2) is 14.1 Å². The third kappa shape index (κ3) is 4.91. The molecule has 0 atom stereocenters. The van der Waals surface area contributed by atoms with Crippen LogP contribution >= 0.6 is 0 Å². The van der Waals surface area contributed by atoms with Crippen LogP contribution in [0.1, 0.15) is 35.6 Å². The van der Waals surface area contributed by atoms with Crippen LogP contribution < -0.4 is 10.1 Å². The summed E-state index contributed by atoms with van der Waals surface area (Å²) in [6.45, 7) is 3.61. The van der Waals surface area contributed by atoms with Crippen LogP contribution in [0.15, 0.2) is 42.6 Å². The van der Waals surface area contributed by atoms with Gasteiger partial charge in [-0.05, 0) is 43.7 Å². The molecule has 1 N–H and O–H groups in total. The number of nitrogens with zero attached hydrogens (tertiary/aromatic N) is 4. The van der Waals surface area contributed by atoms with Gasteiger partial charge >= 0.3 is 6.18 Å². The van der Waals surface area contributed by atoms with Crippen LogP contribution in [0.3, 0.4) is 0 Å². The third-order valence-corrected chi connectivity index (χ3v) is 3.83. The van der Waals surface area contributed by atoms with Gasteiger partial charge in [0.25, 0.3) is 5.91 Å². The van der Waals surface area contributed by atoms with Gasteiger partial charge in [-0.1, -0.05) is 11.3 Å². The number of nitrogens with one attached hydrogen (secondary N) is 1. The largest absolute Gasteiger partial charge is 0.475 e. The molecule has 0 spiro atoms. The zero-order chi connectivity index (χ0) is 21.9. The van der Waals surface area contributed by atoms with Crippen LogP contribution in [0.4, 0.5) is 17.6 Å². The normalized spacial score (nSPS) is 11.6. The number of ether oxygens (including phenoxy) is 1. The predicted octanol–water partition coefficient (Wildman–Crippen LogP) is 3.54. The number of aromatic nitrogens is 4. The van der Waals surface area contributed by atoms with Crippen molar-refractivity contribution in [2.45, 2.75) is 32.7 Å². The average molecular weight is 423 g/mol. The molecular weight excluding hydrogens is 406 g/mol. The summed E-state index contributed by atoms with van der Waals surface area (Å²) in [5.41, 5.74) is -1.77. The van der Waals surface area contributed by atoms with Crippen LogP contribution in [-0.4, -0.2) is 32.0 Å². The van der Waals surface area contributed by atoms with Gasteiger partial charge in [-0.2, -0.15) is 13.2 Å². The summed E-state index contributed by atoms with van der Waals surface area (Å²) in [6, 6.07) is 7.40. The Hall–Kier alpha value is -3.50. The van der Waals surface area contributed by atoms with Crippen molar-refractivity contribution in [3.63, 3.8) is 0 Å². The Kier molecular flexibility index (Phi) is 5.99. The molecule has 0 saturated heterocycles. The first-order chi connectivity index (χ1) is 14.1. The van der Waals surface area contributed by atoms with E-state index in [0.29, 0.717) is 16.1 Å². The average Bonchev–Trinajstić information content (AvgIpc) is 3.13. The Bertz CT molecular complexity index is 1010. The molecule has 0 aliphatic carbocycles. The monoisotopic (exact) mass is 423 g/mol. The number of carbonyl (C=O) groups is 1. The summed E-state index contributed by atoms with van der Waals surface area (Å²) in [4.78, 5) is 16.4. The van der Waals surface area contributed by atoms with Gasteiger partial charge in [0.05, 0.1) is 11.8 Å². The van der Waals surface area contributed by atoms with Crippen LogP contribution in [0, 0.1) is 5.82 Å². The summed E-state index contributed by atoms with van der Waals surface area (Å²) in [7, 11) is 0. The zero-order valence-corrected chi connectivity index (χ0v) is 15.9. The Morgan fingerprint density at radius 3 is 2.43 bits per heavy atom. The number of hydrogen-bond donors (Lipinski definition) is 1. The number of hydrogen-bond acceptors (Lipinski definition) is 5. The maximum absolute atomic E-state index is 13.6. The second kappa shape index (κ2) is 8.47. The van der Waals surface area contributed by atoms with Gasteiger partial charge in [0, 0.05) is 18.8 Å². The molecule has 0 unspecified atom stereocenters. The van der Waals surface area contributed by atoms with Gasteiger partial charge < -0.3 is 10.1 Å². The van der Waals surface area contributed by atoms with Gasteiger partial charge in [0.15, 0.2) is 11.4 Å². The summed E-state index contributed by atoms with van der Waals surface area (Å²) < 4.78 is 59.7. The highest BCUT2D eigenvalue weighted by atomic mass is 19.4. The highest BCUT2D eigenvalue weighted by Crippen LogP contribution is 2.32. The Labute approximate surface area is 168 Å². The maximum Gasteiger partial charge on any atom is 0.435 e. The fourth-order valence-corrected chi connectivity index (χ4v) is 2.54. The van der Waals surface area contributed by atoms with Crippen molar-refractivity contribution < 1.29 is 27.1 Å². The van der Waals surface area contributed by atoms with E-state index in [2.05, 4.69) is 20.6 Å². The zero-order valence-electron chi connectivity index (χ0n) is 15.9. The van der Waals surface area contributed by atoms with Crippen molar-refractivity contribution in [1.82, 2.24) is 25.3 Å². The van der Waals surface area contributed by atoms with Crippen LogP contribution in [-0.2, 0) is 12.7 Å². The Morgan fingerprint density at radius 2 is 1.87 bits per heavy atom. The number of halogens is 4. The number of amides is 1. The number of alkyl halides is 3. The molecule has 11 heteroatoms. The lowest BCUT2D eigenvalue weighted by Gasteiger charge is -2.11. The van der Waals surface area contributed by atoms with Crippen molar-refractivity contribution in [3.8, 4) is 11.6 Å². The summed E-state index contributed by atoms with van der Waals surface area (Å²) >= 11 is 0. The Balaban J connectivity index is 1.79. The standard InChI is InChI=1S/C19H17F4N5O2/c1-11(2)30-15-8-3-12(9-24-15)10-25-18(29)16-17(19(21,22)23)28(27-26-16)14-6-4-13(20)5-7-14/h3-9,11H,10H2,1-2H3,(H,25,29). The third-order valence-electron chi connectivity index (χ3n) is 3.83.